The SMILES string of the molecule is COc1cc(C=CC=CC=O)ccc1O. The molecule has 0 aliphatic carbocycles. The number of methoxy groups -OCH3 is 1. The molecule has 0 amide bonds. The van der Waals surface area contributed by atoms with Gasteiger partial charge in [0, 0.05) is 0 Å². The minimum atomic E-state index is 0.109. The third kappa shape index (κ3) is 3.31. The summed E-state index contributed by atoms with van der Waals surface area (Å²) in [5.74, 6) is 0.537. The van der Waals surface area contributed by atoms with Gasteiger partial charge >= 0.3 is 0 Å². The van der Waals surface area contributed by atoms with Crippen molar-refractivity contribution in [3.63, 3.8) is 0 Å². The fourth-order valence-electron chi connectivity index (χ4n) is 1.07. The molecule has 0 heterocycles. The van der Waals surface area contributed by atoms with Crippen molar-refractivity contribution in [3.05, 3.63) is 42.0 Å². The summed E-state index contributed by atoms with van der Waals surface area (Å²) < 4.78 is 4.96. The number of benzene rings is 1. The molecule has 15 heavy (non-hydrogen) atoms. The highest BCUT2D eigenvalue weighted by Gasteiger charge is 1.99. The first-order valence-electron chi connectivity index (χ1n) is 4.43. The van der Waals surface area contributed by atoms with Crippen LogP contribution < -0.4 is 4.74 Å². The van der Waals surface area contributed by atoms with Crippen molar-refractivity contribution < 1.29 is 14.6 Å². The summed E-state index contributed by atoms with van der Waals surface area (Å²) in [7, 11) is 1.49. The second kappa shape index (κ2) is 5.65. The third-order valence-electron chi connectivity index (χ3n) is 1.79. The molecule has 0 aliphatic heterocycles. The zero-order chi connectivity index (χ0) is 11.1. The van der Waals surface area contributed by atoms with Crippen LogP contribution in [0.3, 0.4) is 0 Å². The minimum Gasteiger partial charge on any atom is -0.504 e. The van der Waals surface area contributed by atoms with Gasteiger partial charge in [-0.3, -0.25) is 4.79 Å². The summed E-state index contributed by atoms with van der Waals surface area (Å²) in [5, 5.41) is 9.34. The standard InChI is InChI=1S/C12H12O3/c1-15-12-9-10(6-7-11(12)14)5-3-2-4-8-13/h2-9,14H,1H3. The number of allylic oxidation sites excluding steroid dienone is 3. The molecule has 0 aromatic heterocycles. The van der Waals surface area contributed by atoms with Crippen molar-refractivity contribution in [1.29, 1.82) is 0 Å². The fourth-order valence-corrected chi connectivity index (χ4v) is 1.07. The van der Waals surface area contributed by atoms with Gasteiger partial charge in [-0.25, -0.2) is 0 Å². The molecular formula is C12H12O3. The monoisotopic (exact) mass is 204 g/mol. The van der Waals surface area contributed by atoms with Crippen LogP contribution in [0.2, 0.25) is 0 Å². The highest BCUT2D eigenvalue weighted by molar-refractivity contribution is 5.66. The van der Waals surface area contributed by atoms with E-state index in [9.17, 15) is 9.90 Å². The maximum atomic E-state index is 9.99. The number of carbonyl (C=O) groups excluding carboxylic acids is 1. The Morgan fingerprint density at radius 2 is 2.07 bits per heavy atom. The van der Waals surface area contributed by atoms with Gasteiger partial charge in [0.1, 0.15) is 6.29 Å². The molecule has 0 saturated heterocycles. The van der Waals surface area contributed by atoms with Gasteiger partial charge in [-0.1, -0.05) is 24.3 Å². The molecule has 0 unspecified atom stereocenters. The first-order valence-corrected chi connectivity index (χ1v) is 4.43. The first-order chi connectivity index (χ1) is 7.27. The van der Waals surface area contributed by atoms with Crippen molar-refractivity contribution in [1.82, 2.24) is 0 Å². The van der Waals surface area contributed by atoms with Crippen molar-refractivity contribution in [2.75, 3.05) is 7.11 Å². The summed E-state index contributed by atoms with van der Waals surface area (Å²) >= 11 is 0. The van der Waals surface area contributed by atoms with E-state index in [1.807, 2.05) is 6.08 Å². The van der Waals surface area contributed by atoms with E-state index in [1.54, 1.807) is 30.4 Å². The van der Waals surface area contributed by atoms with E-state index in [-0.39, 0.29) is 5.75 Å². The molecule has 1 rings (SSSR count). The van der Waals surface area contributed by atoms with Crippen molar-refractivity contribution in [3.8, 4) is 11.5 Å². The maximum Gasteiger partial charge on any atom is 0.161 e. The Morgan fingerprint density at radius 3 is 2.73 bits per heavy atom. The number of hydrogen-bond donors (Lipinski definition) is 1. The van der Waals surface area contributed by atoms with Crippen LogP contribution >= 0.6 is 0 Å². The van der Waals surface area contributed by atoms with E-state index >= 15 is 0 Å². The number of aldehydes is 1. The van der Waals surface area contributed by atoms with Crippen LogP contribution in [0.1, 0.15) is 5.56 Å². The molecule has 0 radical (unpaired) electrons. The molecule has 0 aliphatic rings. The molecule has 1 N–H and O–H groups in total. The van der Waals surface area contributed by atoms with Crippen molar-refractivity contribution in [2.24, 2.45) is 0 Å². The molecular weight excluding hydrogens is 192 g/mol. The summed E-state index contributed by atoms with van der Waals surface area (Å²) in [6, 6.07) is 5.02. The average Bonchev–Trinajstić information content (AvgIpc) is 2.26. The van der Waals surface area contributed by atoms with E-state index < -0.39 is 0 Å². The highest BCUT2D eigenvalue weighted by atomic mass is 16.5. The number of rotatable bonds is 4. The van der Waals surface area contributed by atoms with Gasteiger partial charge in [-0.2, -0.15) is 0 Å². The minimum absolute atomic E-state index is 0.109. The molecule has 0 spiro atoms. The van der Waals surface area contributed by atoms with Crippen LogP contribution in [-0.2, 0) is 4.79 Å². The molecule has 1 aromatic carbocycles. The summed E-state index contributed by atoms with van der Waals surface area (Å²) in [4.78, 5) is 9.99. The van der Waals surface area contributed by atoms with Gasteiger partial charge in [0.25, 0.3) is 0 Å². The predicted octanol–water partition coefficient (Wildman–Crippen LogP) is 2.17. The molecule has 0 atom stereocenters. The number of hydrogen-bond acceptors (Lipinski definition) is 3. The van der Waals surface area contributed by atoms with Gasteiger partial charge in [0.05, 0.1) is 7.11 Å². The molecule has 0 fully saturated rings. The van der Waals surface area contributed by atoms with Crippen LogP contribution in [0.25, 0.3) is 6.08 Å². The number of ether oxygens (including phenoxy) is 1. The van der Waals surface area contributed by atoms with Crippen LogP contribution in [-0.4, -0.2) is 18.5 Å². The highest BCUT2D eigenvalue weighted by Crippen LogP contribution is 2.26. The molecule has 3 nitrogen and oxygen atoms in total. The second-order valence-electron chi connectivity index (χ2n) is 2.81. The zero-order valence-electron chi connectivity index (χ0n) is 8.38. The van der Waals surface area contributed by atoms with E-state index in [0.717, 1.165) is 5.56 Å². The van der Waals surface area contributed by atoms with E-state index in [0.29, 0.717) is 12.0 Å². The number of phenols is 1. The largest absolute Gasteiger partial charge is 0.504 e. The summed E-state index contributed by atoms with van der Waals surface area (Å²) in [6.07, 6.45) is 7.28. The van der Waals surface area contributed by atoms with Gasteiger partial charge < -0.3 is 9.84 Å². The van der Waals surface area contributed by atoms with Crippen molar-refractivity contribution in [2.45, 2.75) is 0 Å². The molecule has 0 saturated carbocycles. The van der Waals surface area contributed by atoms with Gasteiger partial charge in [0.2, 0.25) is 0 Å². The first kappa shape index (κ1) is 11.0. The molecule has 1 aromatic rings. The predicted molar refractivity (Wildman–Crippen MR) is 58.9 cm³/mol. The van der Waals surface area contributed by atoms with Crippen LogP contribution in [0.4, 0.5) is 0 Å². The van der Waals surface area contributed by atoms with Gasteiger partial charge in [0.15, 0.2) is 11.5 Å². The maximum absolute atomic E-state index is 9.99. The number of aromatic hydroxyl groups is 1. The fraction of sp³-hybridized carbons (Fsp3) is 0.0833. The lowest BCUT2D eigenvalue weighted by molar-refractivity contribution is -0.104. The topological polar surface area (TPSA) is 46.5 Å². The van der Waals surface area contributed by atoms with Crippen LogP contribution in [0.15, 0.2) is 36.4 Å². The Bertz CT molecular complexity index is 392. The Balaban J connectivity index is 2.82. The van der Waals surface area contributed by atoms with Crippen molar-refractivity contribution >= 4 is 12.4 Å². The number of phenolic OH excluding ortho intramolecular Hbond substituents is 1. The van der Waals surface area contributed by atoms with E-state index in [1.165, 1.54) is 13.2 Å². The Morgan fingerprint density at radius 1 is 1.27 bits per heavy atom. The lowest BCUT2D eigenvalue weighted by Crippen LogP contribution is -1.83. The Kier molecular flexibility index (Phi) is 4.16. The third-order valence-corrected chi connectivity index (χ3v) is 1.79. The smallest absolute Gasteiger partial charge is 0.161 e. The molecule has 3 heteroatoms. The lowest BCUT2D eigenvalue weighted by Gasteiger charge is -2.03. The average molecular weight is 204 g/mol. The summed E-state index contributed by atoms with van der Waals surface area (Å²) in [6.45, 7) is 0. The van der Waals surface area contributed by atoms with E-state index in [4.69, 9.17) is 4.74 Å². The Hall–Kier alpha value is -2.03. The lowest BCUT2D eigenvalue weighted by atomic mass is 10.2. The quantitative estimate of drug-likeness (QED) is 0.464. The van der Waals surface area contributed by atoms with E-state index in [2.05, 4.69) is 0 Å². The number of carbonyl (C=O) groups is 1. The van der Waals surface area contributed by atoms with Gasteiger partial charge in [-0.15, -0.1) is 0 Å². The van der Waals surface area contributed by atoms with Gasteiger partial charge in [-0.05, 0) is 23.8 Å². The van der Waals surface area contributed by atoms with Crippen LogP contribution in [0, 0.1) is 0 Å². The van der Waals surface area contributed by atoms with Crippen LogP contribution in [0.5, 0.6) is 11.5 Å². The second-order valence-corrected chi connectivity index (χ2v) is 2.81. The zero-order valence-corrected chi connectivity index (χ0v) is 8.38. The molecule has 0 bridgehead atoms. The summed E-state index contributed by atoms with van der Waals surface area (Å²) in [5.41, 5.74) is 0.889. The normalized spacial score (nSPS) is 11.0. The Labute approximate surface area is 88.3 Å². The molecule has 78 valence electrons.